The lowest BCUT2D eigenvalue weighted by Gasteiger charge is -2.23. The smallest absolute Gasteiger partial charge is 0.305 e. The number of piperidine rings is 1. The summed E-state index contributed by atoms with van der Waals surface area (Å²) >= 11 is 6.04. The van der Waals surface area contributed by atoms with Crippen LogP contribution in [-0.4, -0.2) is 33.7 Å². The Labute approximate surface area is 127 Å². The van der Waals surface area contributed by atoms with Gasteiger partial charge in [-0.15, -0.1) is 0 Å². The third kappa shape index (κ3) is 3.04. The number of hydrogen-bond donors (Lipinski definition) is 2. The number of carboxylic acid groups (broad SMARTS) is 1. The van der Waals surface area contributed by atoms with E-state index in [1.807, 2.05) is 18.2 Å². The molecule has 5 nitrogen and oxygen atoms in total. The first-order valence-electron chi connectivity index (χ1n) is 7.23. The van der Waals surface area contributed by atoms with Crippen LogP contribution in [0.1, 0.15) is 31.0 Å². The Morgan fingerprint density at radius 3 is 2.90 bits per heavy atom. The second-order valence-electron chi connectivity index (χ2n) is 5.42. The maximum atomic E-state index is 10.9. The predicted octanol–water partition coefficient (Wildman–Crippen LogP) is 2.63. The van der Waals surface area contributed by atoms with Gasteiger partial charge in [0.05, 0.1) is 17.5 Å². The van der Waals surface area contributed by atoms with Crippen LogP contribution in [0.5, 0.6) is 0 Å². The summed E-state index contributed by atoms with van der Waals surface area (Å²) in [5.41, 5.74) is 1.82. The van der Waals surface area contributed by atoms with Gasteiger partial charge in [-0.05, 0) is 44.1 Å². The Hall–Kier alpha value is -1.59. The van der Waals surface area contributed by atoms with Crippen LogP contribution in [-0.2, 0) is 11.3 Å². The van der Waals surface area contributed by atoms with Gasteiger partial charge in [0.1, 0.15) is 5.82 Å². The number of fused-ring (bicyclic) bond motifs is 1. The number of benzene rings is 1. The minimum Gasteiger partial charge on any atom is -0.481 e. The lowest BCUT2D eigenvalue weighted by Crippen LogP contribution is -2.28. The zero-order valence-electron chi connectivity index (χ0n) is 11.7. The molecule has 3 rings (SSSR count). The SMILES string of the molecule is O=C(O)CCn1c(C2CCNCC2)nc2cc(Cl)ccc21. The number of nitrogens with one attached hydrogen (secondary N) is 1. The van der Waals surface area contributed by atoms with Gasteiger partial charge in [0.2, 0.25) is 0 Å². The summed E-state index contributed by atoms with van der Waals surface area (Å²) < 4.78 is 2.05. The van der Waals surface area contributed by atoms with Gasteiger partial charge in [0.25, 0.3) is 0 Å². The largest absolute Gasteiger partial charge is 0.481 e. The van der Waals surface area contributed by atoms with Gasteiger partial charge in [-0.3, -0.25) is 4.79 Å². The van der Waals surface area contributed by atoms with Crippen molar-refractivity contribution in [1.29, 1.82) is 0 Å². The number of hydrogen-bond acceptors (Lipinski definition) is 3. The third-order valence-electron chi connectivity index (χ3n) is 3.99. The molecule has 1 fully saturated rings. The maximum absolute atomic E-state index is 10.9. The molecular formula is C15H18ClN3O2. The molecule has 0 bridgehead atoms. The van der Waals surface area contributed by atoms with Crippen molar-refractivity contribution in [2.45, 2.75) is 31.7 Å². The van der Waals surface area contributed by atoms with Crippen molar-refractivity contribution < 1.29 is 9.90 Å². The monoisotopic (exact) mass is 307 g/mol. The Kier molecular flexibility index (Phi) is 4.12. The number of halogens is 1. The van der Waals surface area contributed by atoms with Crippen molar-refractivity contribution >= 4 is 28.6 Å². The van der Waals surface area contributed by atoms with Crippen LogP contribution in [0.2, 0.25) is 5.02 Å². The molecule has 1 aromatic heterocycles. The molecule has 0 aliphatic carbocycles. The summed E-state index contributed by atoms with van der Waals surface area (Å²) in [5.74, 6) is 0.586. The normalized spacial score (nSPS) is 16.4. The van der Waals surface area contributed by atoms with Crippen LogP contribution in [0, 0.1) is 0 Å². The Morgan fingerprint density at radius 2 is 2.19 bits per heavy atom. The van der Waals surface area contributed by atoms with Crippen molar-refractivity contribution in [2.24, 2.45) is 0 Å². The Morgan fingerprint density at radius 1 is 1.43 bits per heavy atom. The summed E-state index contributed by atoms with van der Waals surface area (Å²) in [7, 11) is 0. The van der Waals surface area contributed by atoms with E-state index < -0.39 is 5.97 Å². The van der Waals surface area contributed by atoms with E-state index in [0.717, 1.165) is 42.8 Å². The molecule has 0 spiro atoms. The van der Waals surface area contributed by atoms with E-state index >= 15 is 0 Å². The molecule has 2 N–H and O–H groups in total. The van der Waals surface area contributed by atoms with Gasteiger partial charge < -0.3 is 15.0 Å². The zero-order valence-corrected chi connectivity index (χ0v) is 12.4. The van der Waals surface area contributed by atoms with Gasteiger partial charge in [0.15, 0.2) is 0 Å². The summed E-state index contributed by atoms with van der Waals surface area (Å²) in [4.78, 5) is 15.6. The molecule has 21 heavy (non-hydrogen) atoms. The molecule has 1 saturated heterocycles. The highest BCUT2D eigenvalue weighted by Gasteiger charge is 2.22. The minimum atomic E-state index is -0.790. The third-order valence-corrected chi connectivity index (χ3v) is 4.23. The van der Waals surface area contributed by atoms with E-state index in [1.54, 1.807) is 0 Å². The van der Waals surface area contributed by atoms with Crippen LogP contribution in [0.15, 0.2) is 18.2 Å². The van der Waals surface area contributed by atoms with E-state index in [9.17, 15) is 4.79 Å². The van der Waals surface area contributed by atoms with Gasteiger partial charge in [0, 0.05) is 17.5 Å². The van der Waals surface area contributed by atoms with Crippen LogP contribution >= 0.6 is 11.6 Å². The van der Waals surface area contributed by atoms with E-state index in [4.69, 9.17) is 21.7 Å². The van der Waals surface area contributed by atoms with Crippen LogP contribution in [0.4, 0.5) is 0 Å². The second-order valence-corrected chi connectivity index (χ2v) is 5.86. The molecule has 0 atom stereocenters. The van der Waals surface area contributed by atoms with E-state index in [1.165, 1.54) is 0 Å². The van der Waals surface area contributed by atoms with Crippen molar-refractivity contribution in [2.75, 3.05) is 13.1 Å². The summed E-state index contributed by atoms with van der Waals surface area (Å²) in [5, 5.41) is 13.0. The number of rotatable bonds is 4. The van der Waals surface area contributed by atoms with Crippen LogP contribution < -0.4 is 5.32 Å². The first kappa shape index (κ1) is 14.4. The van der Waals surface area contributed by atoms with E-state index in [2.05, 4.69) is 9.88 Å². The summed E-state index contributed by atoms with van der Waals surface area (Å²) in [6, 6.07) is 5.60. The average Bonchev–Trinajstić information content (AvgIpc) is 2.83. The van der Waals surface area contributed by atoms with Gasteiger partial charge in [-0.2, -0.15) is 0 Å². The quantitative estimate of drug-likeness (QED) is 0.911. The topological polar surface area (TPSA) is 67.2 Å². The van der Waals surface area contributed by atoms with Crippen molar-refractivity contribution in [3.8, 4) is 0 Å². The highest BCUT2D eigenvalue weighted by Crippen LogP contribution is 2.29. The average molecular weight is 308 g/mol. The van der Waals surface area contributed by atoms with Gasteiger partial charge in [-0.1, -0.05) is 11.6 Å². The fourth-order valence-corrected chi connectivity index (χ4v) is 3.12. The molecule has 1 aromatic carbocycles. The lowest BCUT2D eigenvalue weighted by molar-refractivity contribution is -0.137. The number of carbonyl (C=O) groups is 1. The Bertz CT molecular complexity index is 662. The molecule has 112 valence electrons. The van der Waals surface area contributed by atoms with Crippen molar-refractivity contribution in [3.05, 3.63) is 29.0 Å². The molecular weight excluding hydrogens is 290 g/mol. The van der Waals surface area contributed by atoms with Gasteiger partial charge in [-0.25, -0.2) is 4.98 Å². The fourth-order valence-electron chi connectivity index (χ4n) is 2.96. The number of aliphatic carboxylic acids is 1. The molecule has 1 aliphatic rings. The zero-order chi connectivity index (χ0) is 14.8. The molecule has 0 unspecified atom stereocenters. The van der Waals surface area contributed by atoms with Crippen LogP contribution in [0.25, 0.3) is 11.0 Å². The first-order valence-corrected chi connectivity index (χ1v) is 7.61. The maximum Gasteiger partial charge on any atom is 0.305 e. The van der Waals surface area contributed by atoms with Crippen molar-refractivity contribution in [3.63, 3.8) is 0 Å². The Balaban J connectivity index is 2.02. The minimum absolute atomic E-state index is 0.103. The van der Waals surface area contributed by atoms with Gasteiger partial charge >= 0.3 is 5.97 Å². The number of imidazole rings is 1. The summed E-state index contributed by atoms with van der Waals surface area (Å²) in [6.45, 7) is 2.41. The lowest BCUT2D eigenvalue weighted by atomic mass is 9.97. The fraction of sp³-hybridized carbons (Fsp3) is 0.467. The molecule has 0 amide bonds. The highest BCUT2D eigenvalue weighted by molar-refractivity contribution is 6.31. The van der Waals surface area contributed by atoms with Crippen molar-refractivity contribution in [1.82, 2.24) is 14.9 Å². The molecule has 0 saturated carbocycles. The first-order chi connectivity index (χ1) is 10.1. The van der Waals surface area contributed by atoms with Crippen LogP contribution in [0.3, 0.4) is 0 Å². The molecule has 2 aromatic rings. The number of nitrogens with zero attached hydrogens (tertiary/aromatic N) is 2. The summed E-state index contributed by atoms with van der Waals surface area (Å²) in [6.07, 6.45) is 2.17. The van der Waals surface area contributed by atoms with E-state index in [-0.39, 0.29) is 6.42 Å². The number of carboxylic acids is 1. The molecule has 6 heteroatoms. The standard InChI is InChI=1S/C15H18ClN3O2/c16-11-1-2-13-12(9-11)18-15(10-3-6-17-7-4-10)19(13)8-5-14(20)21/h1-2,9-10,17H,3-8H2,(H,20,21). The molecule has 0 radical (unpaired) electrons. The molecule has 2 heterocycles. The highest BCUT2D eigenvalue weighted by atomic mass is 35.5. The number of aromatic nitrogens is 2. The number of aryl methyl sites for hydroxylation is 1. The predicted molar refractivity (Wildman–Crippen MR) is 81.8 cm³/mol. The van der Waals surface area contributed by atoms with E-state index in [0.29, 0.717) is 17.5 Å². The second kappa shape index (κ2) is 6.03. The molecule has 1 aliphatic heterocycles.